The third kappa shape index (κ3) is 5.84. The van der Waals surface area contributed by atoms with E-state index in [4.69, 9.17) is 4.74 Å². The van der Waals surface area contributed by atoms with Crippen LogP contribution in [0.2, 0.25) is 0 Å². The van der Waals surface area contributed by atoms with Crippen LogP contribution in [0.1, 0.15) is 44.6 Å². The molecule has 1 rings (SSSR count). The van der Waals surface area contributed by atoms with Crippen LogP contribution >= 0.6 is 0 Å². The van der Waals surface area contributed by atoms with Gasteiger partial charge in [0, 0.05) is 20.1 Å². The minimum absolute atomic E-state index is 0.0216. The average molecular weight is 295 g/mol. The molecule has 1 aromatic rings. The van der Waals surface area contributed by atoms with E-state index in [0.29, 0.717) is 25.5 Å². The van der Waals surface area contributed by atoms with Gasteiger partial charge < -0.3 is 10.1 Å². The third-order valence-corrected chi connectivity index (χ3v) is 3.95. The van der Waals surface area contributed by atoms with Gasteiger partial charge in [-0.2, -0.15) is 0 Å². The van der Waals surface area contributed by atoms with Gasteiger partial charge in [0.2, 0.25) is 5.91 Å². The van der Waals surface area contributed by atoms with Gasteiger partial charge in [0.15, 0.2) is 0 Å². The van der Waals surface area contributed by atoms with Crippen LogP contribution in [0.3, 0.4) is 0 Å². The smallest absolute Gasteiger partial charge is 0.220 e. The molecule has 0 spiro atoms. The molecule has 1 aromatic carbocycles. The normalized spacial score (nSPS) is 12.4. The molecule has 1 amide bonds. The Morgan fingerprint density at radius 1 is 1.24 bits per heavy atom. The Bertz CT molecular complexity index is 415. The van der Waals surface area contributed by atoms with Gasteiger partial charge in [-0.05, 0) is 29.5 Å². The molecule has 1 unspecified atom stereocenters. The predicted molar refractivity (Wildman–Crippen MR) is 82.7 cm³/mol. The van der Waals surface area contributed by atoms with Crippen molar-refractivity contribution in [3.8, 4) is 0 Å². The summed E-state index contributed by atoms with van der Waals surface area (Å²) in [5, 5.41) is 2.86. The summed E-state index contributed by atoms with van der Waals surface area (Å²) in [6.45, 7) is 5.30. The van der Waals surface area contributed by atoms with Crippen molar-refractivity contribution < 1.29 is 13.9 Å². The zero-order chi connectivity index (χ0) is 15.7. The second kappa shape index (κ2) is 9.50. The molecule has 21 heavy (non-hydrogen) atoms. The standard InChI is InChI=1S/C17H26FNO2/c1-4-13(5-2)16(12-17(20)19-10-11-21-3)14-6-8-15(18)9-7-14/h6-9,13,16H,4-5,10-12H2,1-3H3,(H,19,20). The molecule has 4 heteroatoms. The summed E-state index contributed by atoms with van der Waals surface area (Å²) in [6, 6.07) is 6.52. The molecule has 0 aliphatic carbocycles. The molecule has 0 aliphatic rings. The average Bonchev–Trinajstić information content (AvgIpc) is 2.48. The fourth-order valence-electron chi connectivity index (χ4n) is 2.69. The highest BCUT2D eigenvalue weighted by Gasteiger charge is 2.23. The zero-order valence-electron chi connectivity index (χ0n) is 13.2. The maximum Gasteiger partial charge on any atom is 0.220 e. The summed E-state index contributed by atoms with van der Waals surface area (Å²) in [6.07, 6.45) is 2.44. The number of nitrogens with one attached hydrogen (secondary N) is 1. The molecular weight excluding hydrogens is 269 g/mol. The van der Waals surface area contributed by atoms with Crippen LogP contribution in [0.25, 0.3) is 0 Å². The summed E-state index contributed by atoms with van der Waals surface area (Å²) in [5.41, 5.74) is 1.03. The molecule has 1 N–H and O–H groups in total. The first-order chi connectivity index (χ1) is 10.1. The lowest BCUT2D eigenvalue weighted by Crippen LogP contribution is -2.29. The van der Waals surface area contributed by atoms with E-state index in [1.165, 1.54) is 12.1 Å². The Morgan fingerprint density at radius 3 is 2.38 bits per heavy atom. The van der Waals surface area contributed by atoms with Crippen LogP contribution in [0.15, 0.2) is 24.3 Å². The summed E-state index contributed by atoms with van der Waals surface area (Å²) in [4.78, 5) is 12.1. The van der Waals surface area contributed by atoms with Gasteiger partial charge in [-0.25, -0.2) is 4.39 Å². The second-order valence-electron chi connectivity index (χ2n) is 5.28. The second-order valence-corrected chi connectivity index (χ2v) is 5.28. The van der Waals surface area contributed by atoms with E-state index in [9.17, 15) is 9.18 Å². The minimum atomic E-state index is -0.244. The van der Waals surface area contributed by atoms with Gasteiger partial charge in [0.05, 0.1) is 6.61 Å². The van der Waals surface area contributed by atoms with Crippen molar-refractivity contribution in [2.45, 2.75) is 39.0 Å². The number of amides is 1. The van der Waals surface area contributed by atoms with E-state index in [0.717, 1.165) is 18.4 Å². The molecule has 0 saturated heterocycles. The van der Waals surface area contributed by atoms with Crippen molar-refractivity contribution in [3.63, 3.8) is 0 Å². The number of ether oxygens (including phenoxy) is 1. The first-order valence-corrected chi connectivity index (χ1v) is 7.63. The van der Waals surface area contributed by atoms with Crippen molar-refractivity contribution in [2.24, 2.45) is 5.92 Å². The van der Waals surface area contributed by atoms with E-state index < -0.39 is 0 Å². The van der Waals surface area contributed by atoms with E-state index >= 15 is 0 Å². The lowest BCUT2D eigenvalue weighted by atomic mass is 9.80. The monoisotopic (exact) mass is 295 g/mol. The summed E-state index contributed by atoms with van der Waals surface area (Å²) < 4.78 is 18.0. The fourth-order valence-corrected chi connectivity index (χ4v) is 2.69. The van der Waals surface area contributed by atoms with Gasteiger partial charge in [0.25, 0.3) is 0 Å². The molecule has 0 heterocycles. The molecule has 0 bridgehead atoms. The first-order valence-electron chi connectivity index (χ1n) is 7.63. The van der Waals surface area contributed by atoms with Crippen LogP contribution in [-0.4, -0.2) is 26.2 Å². The number of methoxy groups -OCH3 is 1. The molecule has 0 saturated carbocycles. The Morgan fingerprint density at radius 2 is 1.86 bits per heavy atom. The Kier molecular flexibility index (Phi) is 7.98. The maximum atomic E-state index is 13.1. The van der Waals surface area contributed by atoms with Crippen LogP contribution in [0, 0.1) is 11.7 Å². The highest BCUT2D eigenvalue weighted by atomic mass is 19.1. The van der Waals surface area contributed by atoms with Crippen LogP contribution < -0.4 is 5.32 Å². The van der Waals surface area contributed by atoms with Crippen molar-refractivity contribution >= 4 is 5.91 Å². The van der Waals surface area contributed by atoms with Gasteiger partial charge >= 0.3 is 0 Å². The fraction of sp³-hybridized carbons (Fsp3) is 0.588. The summed E-state index contributed by atoms with van der Waals surface area (Å²) in [7, 11) is 1.61. The van der Waals surface area contributed by atoms with Crippen molar-refractivity contribution in [2.75, 3.05) is 20.3 Å². The van der Waals surface area contributed by atoms with E-state index in [2.05, 4.69) is 19.2 Å². The molecule has 0 aromatic heterocycles. The molecule has 0 radical (unpaired) electrons. The highest BCUT2D eigenvalue weighted by molar-refractivity contribution is 5.76. The third-order valence-electron chi connectivity index (χ3n) is 3.95. The molecule has 1 atom stereocenters. The van der Waals surface area contributed by atoms with Crippen LogP contribution in [0.5, 0.6) is 0 Å². The number of hydrogen-bond donors (Lipinski definition) is 1. The van der Waals surface area contributed by atoms with Gasteiger partial charge in [0.1, 0.15) is 5.82 Å². The summed E-state index contributed by atoms with van der Waals surface area (Å²) >= 11 is 0. The lowest BCUT2D eigenvalue weighted by Gasteiger charge is -2.25. The quantitative estimate of drug-likeness (QED) is 0.708. The molecule has 118 valence electrons. The Balaban J connectivity index is 2.77. The first kappa shape index (κ1) is 17.6. The molecule has 0 fully saturated rings. The van der Waals surface area contributed by atoms with Crippen LogP contribution in [0.4, 0.5) is 4.39 Å². The van der Waals surface area contributed by atoms with Crippen molar-refractivity contribution in [1.82, 2.24) is 5.32 Å². The van der Waals surface area contributed by atoms with E-state index in [1.54, 1.807) is 19.2 Å². The van der Waals surface area contributed by atoms with Gasteiger partial charge in [-0.15, -0.1) is 0 Å². The number of halogens is 1. The maximum absolute atomic E-state index is 13.1. The number of carbonyl (C=O) groups excluding carboxylic acids is 1. The zero-order valence-corrected chi connectivity index (χ0v) is 13.2. The topological polar surface area (TPSA) is 38.3 Å². The lowest BCUT2D eigenvalue weighted by molar-refractivity contribution is -0.122. The largest absolute Gasteiger partial charge is 0.383 e. The van der Waals surface area contributed by atoms with E-state index in [1.807, 2.05) is 0 Å². The predicted octanol–water partition coefficient (Wildman–Crippen LogP) is 3.50. The van der Waals surface area contributed by atoms with Gasteiger partial charge in [-0.1, -0.05) is 38.8 Å². The number of hydrogen-bond acceptors (Lipinski definition) is 2. The Labute approximate surface area is 126 Å². The molecular formula is C17H26FNO2. The Hall–Kier alpha value is -1.42. The van der Waals surface area contributed by atoms with Crippen molar-refractivity contribution in [1.29, 1.82) is 0 Å². The minimum Gasteiger partial charge on any atom is -0.383 e. The van der Waals surface area contributed by atoms with Crippen molar-refractivity contribution in [3.05, 3.63) is 35.6 Å². The SMILES string of the molecule is CCC(CC)C(CC(=O)NCCOC)c1ccc(F)cc1. The highest BCUT2D eigenvalue weighted by Crippen LogP contribution is 2.32. The number of rotatable bonds is 9. The number of benzene rings is 1. The van der Waals surface area contributed by atoms with Gasteiger partial charge in [-0.3, -0.25) is 4.79 Å². The van der Waals surface area contributed by atoms with Crippen LogP contribution in [-0.2, 0) is 9.53 Å². The molecule has 0 aliphatic heterocycles. The molecule has 3 nitrogen and oxygen atoms in total. The number of carbonyl (C=O) groups is 1. The van der Waals surface area contributed by atoms with E-state index in [-0.39, 0.29) is 17.6 Å². The summed E-state index contributed by atoms with van der Waals surface area (Å²) in [5.74, 6) is 0.326.